The molecule has 2 rings (SSSR count). The first-order chi connectivity index (χ1) is 10.7. The molecule has 0 fully saturated rings. The standard InChI is InChI=1S/C16H20N4O2/c17-11-14(21)10-15(13-4-2-1-3-5-13)19-16(22)12-20-8-6-18-7-9-20/h1-6,8,14-15,18,21H,7,9-10,12H2,(H,19,22). The molecule has 1 aliphatic rings. The van der Waals surface area contributed by atoms with Crippen molar-refractivity contribution in [2.45, 2.75) is 18.6 Å². The molecule has 1 aromatic rings. The average molecular weight is 300 g/mol. The van der Waals surface area contributed by atoms with Crippen LogP contribution in [0.1, 0.15) is 18.0 Å². The number of nitriles is 1. The molecule has 0 bridgehead atoms. The molecule has 0 saturated carbocycles. The second-order valence-corrected chi connectivity index (χ2v) is 5.15. The molecule has 6 nitrogen and oxygen atoms in total. The summed E-state index contributed by atoms with van der Waals surface area (Å²) in [7, 11) is 0. The van der Waals surface area contributed by atoms with Crippen LogP contribution in [0.4, 0.5) is 0 Å². The number of hydrogen-bond acceptors (Lipinski definition) is 5. The Labute approximate surface area is 130 Å². The van der Waals surface area contributed by atoms with Crippen LogP contribution in [0.3, 0.4) is 0 Å². The molecule has 116 valence electrons. The summed E-state index contributed by atoms with van der Waals surface area (Å²) in [4.78, 5) is 14.1. The molecule has 1 aliphatic heterocycles. The highest BCUT2D eigenvalue weighted by Gasteiger charge is 2.19. The second-order valence-electron chi connectivity index (χ2n) is 5.15. The van der Waals surface area contributed by atoms with Gasteiger partial charge in [0, 0.05) is 31.9 Å². The van der Waals surface area contributed by atoms with Crippen molar-refractivity contribution in [2.75, 3.05) is 19.6 Å². The topological polar surface area (TPSA) is 88.4 Å². The van der Waals surface area contributed by atoms with E-state index >= 15 is 0 Å². The van der Waals surface area contributed by atoms with E-state index in [1.54, 1.807) is 6.07 Å². The molecule has 1 aromatic carbocycles. The van der Waals surface area contributed by atoms with Crippen LogP contribution >= 0.6 is 0 Å². The minimum Gasteiger partial charge on any atom is -0.388 e. The van der Waals surface area contributed by atoms with Crippen molar-refractivity contribution in [3.8, 4) is 6.07 Å². The summed E-state index contributed by atoms with van der Waals surface area (Å²) >= 11 is 0. The SMILES string of the molecule is N#CC(O)CC(NC(=O)CN1C=CNCC1)c1ccccc1. The lowest BCUT2D eigenvalue weighted by Gasteiger charge is -2.25. The van der Waals surface area contributed by atoms with Crippen molar-refractivity contribution >= 4 is 5.91 Å². The number of benzene rings is 1. The van der Waals surface area contributed by atoms with Crippen LogP contribution in [0.25, 0.3) is 0 Å². The first-order valence-electron chi connectivity index (χ1n) is 7.25. The third-order valence-electron chi connectivity index (χ3n) is 3.44. The van der Waals surface area contributed by atoms with E-state index < -0.39 is 6.10 Å². The molecule has 0 saturated heterocycles. The normalized spacial score (nSPS) is 16.3. The number of nitrogens with one attached hydrogen (secondary N) is 2. The van der Waals surface area contributed by atoms with Gasteiger partial charge in [-0.05, 0) is 5.56 Å². The zero-order valence-electron chi connectivity index (χ0n) is 12.3. The Kier molecular flexibility index (Phi) is 5.81. The Morgan fingerprint density at radius 3 is 2.86 bits per heavy atom. The van der Waals surface area contributed by atoms with E-state index in [1.807, 2.05) is 47.6 Å². The van der Waals surface area contributed by atoms with E-state index in [9.17, 15) is 9.90 Å². The summed E-state index contributed by atoms with van der Waals surface area (Å²) in [6.07, 6.45) is 2.71. The molecule has 0 aromatic heterocycles. The molecule has 2 unspecified atom stereocenters. The number of rotatable bonds is 6. The van der Waals surface area contributed by atoms with Gasteiger partial charge >= 0.3 is 0 Å². The van der Waals surface area contributed by atoms with Crippen LogP contribution in [0.15, 0.2) is 42.7 Å². The van der Waals surface area contributed by atoms with Crippen molar-refractivity contribution in [1.29, 1.82) is 5.26 Å². The summed E-state index contributed by atoms with van der Waals surface area (Å²) in [6.45, 7) is 1.82. The molecule has 22 heavy (non-hydrogen) atoms. The predicted molar refractivity (Wildman–Crippen MR) is 82.3 cm³/mol. The Balaban J connectivity index is 1.99. The van der Waals surface area contributed by atoms with Gasteiger partial charge in [-0.15, -0.1) is 0 Å². The molecule has 0 radical (unpaired) electrons. The van der Waals surface area contributed by atoms with Crippen molar-refractivity contribution in [1.82, 2.24) is 15.5 Å². The lowest BCUT2D eigenvalue weighted by Crippen LogP contribution is -2.41. The predicted octanol–water partition coefficient (Wildman–Crippen LogP) is 0.495. The third kappa shape index (κ3) is 4.79. The fourth-order valence-electron chi connectivity index (χ4n) is 2.32. The smallest absolute Gasteiger partial charge is 0.239 e. The first kappa shape index (κ1) is 15.9. The molecule has 0 aliphatic carbocycles. The molecule has 1 amide bonds. The maximum absolute atomic E-state index is 12.2. The molecular weight excluding hydrogens is 280 g/mol. The number of aliphatic hydroxyl groups excluding tert-OH is 1. The molecule has 6 heteroatoms. The van der Waals surface area contributed by atoms with Gasteiger partial charge in [0.2, 0.25) is 5.91 Å². The summed E-state index contributed by atoms with van der Waals surface area (Å²) in [6, 6.07) is 10.8. The van der Waals surface area contributed by atoms with Crippen molar-refractivity contribution in [3.63, 3.8) is 0 Å². The van der Waals surface area contributed by atoms with Gasteiger partial charge in [0.25, 0.3) is 0 Å². The van der Waals surface area contributed by atoms with E-state index in [0.29, 0.717) is 0 Å². The van der Waals surface area contributed by atoms with Crippen LogP contribution in [0, 0.1) is 11.3 Å². The van der Waals surface area contributed by atoms with E-state index in [2.05, 4.69) is 10.6 Å². The zero-order valence-corrected chi connectivity index (χ0v) is 12.3. The van der Waals surface area contributed by atoms with E-state index in [0.717, 1.165) is 18.7 Å². The highest BCUT2D eigenvalue weighted by atomic mass is 16.3. The van der Waals surface area contributed by atoms with Crippen LogP contribution < -0.4 is 10.6 Å². The maximum Gasteiger partial charge on any atom is 0.239 e. The summed E-state index contributed by atoms with van der Waals surface area (Å²) < 4.78 is 0. The molecule has 1 heterocycles. The quantitative estimate of drug-likeness (QED) is 0.666. The number of carbonyl (C=O) groups is 1. The Bertz CT molecular complexity index is 553. The monoisotopic (exact) mass is 300 g/mol. The van der Waals surface area contributed by atoms with Crippen molar-refractivity contribution < 1.29 is 9.90 Å². The number of amides is 1. The molecule has 3 N–H and O–H groups in total. The van der Waals surface area contributed by atoms with Crippen molar-refractivity contribution in [2.24, 2.45) is 0 Å². The molecule has 0 spiro atoms. The van der Waals surface area contributed by atoms with Gasteiger partial charge in [0.05, 0.1) is 18.7 Å². The second kappa shape index (κ2) is 8.05. The lowest BCUT2D eigenvalue weighted by molar-refractivity contribution is -0.122. The Hall–Kier alpha value is -2.52. The van der Waals surface area contributed by atoms with Gasteiger partial charge in [-0.1, -0.05) is 30.3 Å². The van der Waals surface area contributed by atoms with Crippen LogP contribution in [0.2, 0.25) is 0 Å². The van der Waals surface area contributed by atoms with Crippen LogP contribution in [-0.4, -0.2) is 41.7 Å². The van der Waals surface area contributed by atoms with Crippen molar-refractivity contribution in [3.05, 3.63) is 48.3 Å². The summed E-state index contributed by atoms with van der Waals surface area (Å²) in [5, 5.41) is 24.3. The minimum atomic E-state index is -1.11. The number of nitrogens with zero attached hydrogens (tertiary/aromatic N) is 2. The fraction of sp³-hybridized carbons (Fsp3) is 0.375. The maximum atomic E-state index is 12.2. The van der Waals surface area contributed by atoms with E-state index in [1.165, 1.54) is 0 Å². The van der Waals surface area contributed by atoms with Gasteiger partial charge in [0.1, 0.15) is 6.10 Å². The highest BCUT2D eigenvalue weighted by Crippen LogP contribution is 2.18. The van der Waals surface area contributed by atoms with Gasteiger partial charge in [0.15, 0.2) is 0 Å². The van der Waals surface area contributed by atoms with Gasteiger partial charge < -0.3 is 20.6 Å². The van der Waals surface area contributed by atoms with E-state index in [4.69, 9.17) is 5.26 Å². The van der Waals surface area contributed by atoms with Gasteiger partial charge in [-0.3, -0.25) is 4.79 Å². The number of hydrogen-bond donors (Lipinski definition) is 3. The minimum absolute atomic E-state index is 0.134. The fourth-order valence-corrected chi connectivity index (χ4v) is 2.32. The van der Waals surface area contributed by atoms with Gasteiger partial charge in [-0.2, -0.15) is 5.26 Å². The van der Waals surface area contributed by atoms with E-state index in [-0.39, 0.29) is 24.9 Å². The number of aliphatic hydroxyl groups is 1. The Morgan fingerprint density at radius 1 is 1.45 bits per heavy atom. The highest BCUT2D eigenvalue weighted by molar-refractivity contribution is 5.78. The molecule has 2 atom stereocenters. The Morgan fingerprint density at radius 2 is 2.23 bits per heavy atom. The molecular formula is C16H20N4O2. The summed E-state index contributed by atoms with van der Waals surface area (Å²) in [5.41, 5.74) is 0.876. The lowest BCUT2D eigenvalue weighted by atomic mass is 10.0. The first-order valence-corrected chi connectivity index (χ1v) is 7.25. The average Bonchev–Trinajstić information content (AvgIpc) is 2.55. The third-order valence-corrected chi connectivity index (χ3v) is 3.44. The number of carbonyl (C=O) groups excluding carboxylic acids is 1. The van der Waals surface area contributed by atoms with Gasteiger partial charge in [-0.25, -0.2) is 0 Å². The summed E-state index contributed by atoms with van der Waals surface area (Å²) in [5.74, 6) is -0.134. The van der Waals surface area contributed by atoms with Crippen LogP contribution in [-0.2, 0) is 4.79 Å². The largest absolute Gasteiger partial charge is 0.388 e. The zero-order chi connectivity index (χ0) is 15.8. The van der Waals surface area contributed by atoms with Crippen LogP contribution in [0.5, 0.6) is 0 Å².